The first-order chi connectivity index (χ1) is 11.8. The van der Waals surface area contributed by atoms with Gasteiger partial charge in [0.05, 0.1) is 31.8 Å². The minimum Gasteiger partial charge on any atom is -0.374 e. The Balaban J connectivity index is 1.37. The van der Waals surface area contributed by atoms with E-state index in [1.807, 2.05) is 23.1 Å². The molecule has 3 aliphatic rings. The zero-order valence-electron chi connectivity index (χ0n) is 14.3. The molecule has 3 fully saturated rings. The van der Waals surface area contributed by atoms with Gasteiger partial charge in [-0.3, -0.25) is 14.4 Å². The normalized spacial score (nSPS) is 31.2. The van der Waals surface area contributed by atoms with E-state index in [1.54, 1.807) is 0 Å². The summed E-state index contributed by atoms with van der Waals surface area (Å²) in [5, 5.41) is 4.32. The highest BCUT2D eigenvalue weighted by Gasteiger charge is 2.38. The van der Waals surface area contributed by atoms with Gasteiger partial charge in [-0.05, 0) is 38.3 Å². The average Bonchev–Trinajstić information content (AvgIpc) is 3.27. The van der Waals surface area contributed by atoms with Crippen molar-refractivity contribution in [1.82, 2.24) is 19.6 Å². The van der Waals surface area contributed by atoms with Gasteiger partial charge in [0.25, 0.3) is 0 Å². The number of hydrogen-bond donors (Lipinski definition) is 0. The van der Waals surface area contributed by atoms with Gasteiger partial charge in [0, 0.05) is 25.0 Å². The van der Waals surface area contributed by atoms with Crippen molar-refractivity contribution in [3.63, 3.8) is 0 Å². The van der Waals surface area contributed by atoms with Crippen LogP contribution in [-0.2, 0) is 16.1 Å². The number of morpholine rings is 1. The Bertz CT molecular complexity index is 545. The van der Waals surface area contributed by atoms with Gasteiger partial charge in [-0.25, -0.2) is 0 Å². The maximum absolute atomic E-state index is 13.0. The van der Waals surface area contributed by atoms with Crippen molar-refractivity contribution in [3.05, 3.63) is 18.5 Å². The number of carbonyl (C=O) groups is 1. The molecule has 2 aliphatic heterocycles. The van der Waals surface area contributed by atoms with E-state index in [1.165, 1.54) is 19.3 Å². The molecule has 1 aliphatic carbocycles. The van der Waals surface area contributed by atoms with Gasteiger partial charge < -0.3 is 9.64 Å². The lowest BCUT2D eigenvalue weighted by Gasteiger charge is -2.44. The standard InChI is InChI=1S/C18H28N4O2/c23-18(22-11-12-24-17-7-2-1-6-16(17)22)14-20-9-3-5-15(20)13-21-10-4-8-19-21/h4,8,10,15-17H,1-3,5-7,9,11-14H2/t15-,16+,17-/m1/s1. The molecule has 2 saturated heterocycles. The van der Waals surface area contributed by atoms with Crippen molar-refractivity contribution < 1.29 is 9.53 Å². The number of fused-ring (bicyclic) bond motifs is 1. The number of carbonyl (C=O) groups excluding carboxylic acids is 1. The van der Waals surface area contributed by atoms with Crippen LogP contribution in [0.25, 0.3) is 0 Å². The van der Waals surface area contributed by atoms with E-state index in [0.29, 0.717) is 31.1 Å². The van der Waals surface area contributed by atoms with Crippen molar-refractivity contribution >= 4 is 5.91 Å². The van der Waals surface area contributed by atoms with Gasteiger partial charge in [-0.15, -0.1) is 0 Å². The van der Waals surface area contributed by atoms with E-state index < -0.39 is 0 Å². The summed E-state index contributed by atoms with van der Waals surface area (Å²) in [6, 6.07) is 2.70. The van der Waals surface area contributed by atoms with Gasteiger partial charge in [-0.1, -0.05) is 12.8 Å². The smallest absolute Gasteiger partial charge is 0.237 e. The Morgan fingerprint density at radius 2 is 2.08 bits per heavy atom. The third-order valence-corrected chi connectivity index (χ3v) is 5.85. The summed E-state index contributed by atoms with van der Waals surface area (Å²) in [6.45, 7) is 3.92. The summed E-state index contributed by atoms with van der Waals surface area (Å²) < 4.78 is 7.89. The van der Waals surface area contributed by atoms with Crippen LogP contribution in [0.5, 0.6) is 0 Å². The Morgan fingerprint density at radius 3 is 2.96 bits per heavy atom. The van der Waals surface area contributed by atoms with E-state index in [2.05, 4.69) is 14.9 Å². The maximum atomic E-state index is 13.0. The first-order valence-corrected chi connectivity index (χ1v) is 9.44. The molecule has 6 nitrogen and oxygen atoms in total. The molecule has 6 heteroatoms. The minimum atomic E-state index is 0.273. The van der Waals surface area contributed by atoms with E-state index in [9.17, 15) is 4.79 Å². The first-order valence-electron chi connectivity index (χ1n) is 9.44. The Labute approximate surface area is 143 Å². The summed E-state index contributed by atoms with van der Waals surface area (Å²) in [5.41, 5.74) is 0. The number of likely N-dealkylation sites (tertiary alicyclic amines) is 1. The largest absolute Gasteiger partial charge is 0.374 e. The highest BCUT2D eigenvalue weighted by molar-refractivity contribution is 5.79. The van der Waals surface area contributed by atoms with Crippen LogP contribution in [0.2, 0.25) is 0 Å². The molecule has 132 valence electrons. The highest BCUT2D eigenvalue weighted by atomic mass is 16.5. The quantitative estimate of drug-likeness (QED) is 0.839. The molecular formula is C18H28N4O2. The van der Waals surface area contributed by atoms with Crippen LogP contribution in [-0.4, -0.2) is 69.9 Å². The third kappa shape index (κ3) is 3.35. The second-order valence-electron chi connectivity index (χ2n) is 7.34. The van der Waals surface area contributed by atoms with Gasteiger partial charge in [-0.2, -0.15) is 5.10 Å². The molecular weight excluding hydrogens is 304 g/mol. The van der Waals surface area contributed by atoms with Crippen LogP contribution in [0.1, 0.15) is 38.5 Å². The van der Waals surface area contributed by atoms with E-state index >= 15 is 0 Å². The lowest BCUT2D eigenvalue weighted by atomic mass is 9.90. The molecule has 0 unspecified atom stereocenters. The topological polar surface area (TPSA) is 50.6 Å². The second kappa shape index (κ2) is 7.23. The molecule has 1 aromatic heterocycles. The molecule has 0 bridgehead atoms. The van der Waals surface area contributed by atoms with Gasteiger partial charge in [0.2, 0.25) is 5.91 Å². The summed E-state index contributed by atoms with van der Waals surface area (Å²) in [5.74, 6) is 0.294. The number of amides is 1. The lowest BCUT2D eigenvalue weighted by molar-refractivity contribution is -0.150. The fourth-order valence-electron chi connectivity index (χ4n) is 4.61. The van der Waals surface area contributed by atoms with Gasteiger partial charge in [0.15, 0.2) is 0 Å². The summed E-state index contributed by atoms with van der Waals surface area (Å²) in [6.07, 6.45) is 11.1. The summed E-state index contributed by atoms with van der Waals surface area (Å²) in [4.78, 5) is 17.4. The Morgan fingerprint density at radius 1 is 1.17 bits per heavy atom. The van der Waals surface area contributed by atoms with Crippen molar-refractivity contribution in [2.24, 2.45) is 0 Å². The van der Waals surface area contributed by atoms with Crippen molar-refractivity contribution in [2.75, 3.05) is 26.2 Å². The van der Waals surface area contributed by atoms with Gasteiger partial charge in [0.1, 0.15) is 0 Å². The third-order valence-electron chi connectivity index (χ3n) is 5.85. The van der Waals surface area contributed by atoms with E-state index in [-0.39, 0.29) is 6.10 Å². The molecule has 0 spiro atoms. The molecule has 0 aromatic carbocycles. The van der Waals surface area contributed by atoms with Crippen LogP contribution < -0.4 is 0 Å². The fourth-order valence-corrected chi connectivity index (χ4v) is 4.61. The Hall–Kier alpha value is -1.40. The van der Waals surface area contributed by atoms with Crippen LogP contribution in [0.3, 0.4) is 0 Å². The van der Waals surface area contributed by atoms with Crippen LogP contribution >= 0.6 is 0 Å². The van der Waals surface area contributed by atoms with E-state index in [4.69, 9.17) is 4.74 Å². The lowest BCUT2D eigenvalue weighted by Crippen LogP contribution is -2.57. The number of rotatable bonds is 4. The van der Waals surface area contributed by atoms with Crippen molar-refractivity contribution in [1.29, 1.82) is 0 Å². The fraction of sp³-hybridized carbons (Fsp3) is 0.778. The van der Waals surface area contributed by atoms with Crippen molar-refractivity contribution in [3.8, 4) is 0 Å². The van der Waals surface area contributed by atoms with Crippen molar-refractivity contribution in [2.45, 2.75) is 63.3 Å². The summed E-state index contributed by atoms with van der Waals surface area (Å²) in [7, 11) is 0. The monoisotopic (exact) mass is 332 g/mol. The molecule has 3 heterocycles. The predicted octanol–water partition coefficient (Wildman–Crippen LogP) is 1.52. The molecule has 0 radical (unpaired) electrons. The second-order valence-corrected chi connectivity index (χ2v) is 7.34. The zero-order chi connectivity index (χ0) is 16.4. The molecule has 1 saturated carbocycles. The molecule has 3 atom stereocenters. The van der Waals surface area contributed by atoms with E-state index in [0.717, 1.165) is 38.9 Å². The highest BCUT2D eigenvalue weighted by Crippen LogP contribution is 2.29. The summed E-state index contributed by atoms with van der Waals surface area (Å²) >= 11 is 0. The van der Waals surface area contributed by atoms with Crippen LogP contribution in [0.4, 0.5) is 0 Å². The SMILES string of the molecule is O=C(CN1CCC[C@@H]1Cn1cccn1)N1CCO[C@@H]2CCCC[C@@H]21. The molecule has 1 aromatic rings. The minimum absolute atomic E-state index is 0.273. The molecule has 0 N–H and O–H groups in total. The maximum Gasteiger partial charge on any atom is 0.237 e. The number of nitrogens with zero attached hydrogens (tertiary/aromatic N) is 4. The molecule has 4 rings (SSSR count). The Kier molecular flexibility index (Phi) is 4.85. The van der Waals surface area contributed by atoms with Gasteiger partial charge >= 0.3 is 0 Å². The molecule has 24 heavy (non-hydrogen) atoms. The number of ether oxygens (including phenoxy) is 1. The number of hydrogen-bond acceptors (Lipinski definition) is 4. The van der Waals surface area contributed by atoms with Crippen LogP contribution in [0.15, 0.2) is 18.5 Å². The first kappa shape index (κ1) is 16.1. The van der Waals surface area contributed by atoms with Crippen LogP contribution in [0, 0.1) is 0 Å². The number of aromatic nitrogens is 2. The molecule has 1 amide bonds. The predicted molar refractivity (Wildman–Crippen MR) is 90.5 cm³/mol. The average molecular weight is 332 g/mol. The zero-order valence-corrected chi connectivity index (χ0v) is 14.3.